The molecule has 0 bridgehead atoms. The molecule has 0 aliphatic carbocycles. The second kappa shape index (κ2) is 5.28. The van der Waals surface area contributed by atoms with Gasteiger partial charge in [0.15, 0.2) is 9.84 Å². The van der Waals surface area contributed by atoms with Crippen molar-refractivity contribution in [3.8, 4) is 6.07 Å². The van der Waals surface area contributed by atoms with Crippen LogP contribution >= 0.6 is 11.6 Å². The SMILES string of the molecule is N#Cc1ccc(S(=O)(=O)CCCCl)c(F)c1. The highest BCUT2D eigenvalue weighted by Crippen LogP contribution is 2.18. The summed E-state index contributed by atoms with van der Waals surface area (Å²) in [5, 5.41) is 8.51. The number of halogens is 2. The summed E-state index contributed by atoms with van der Waals surface area (Å²) in [6, 6.07) is 5.03. The summed E-state index contributed by atoms with van der Waals surface area (Å²) in [4.78, 5) is -0.378. The van der Waals surface area contributed by atoms with Gasteiger partial charge in [0.2, 0.25) is 0 Å². The molecule has 0 atom stereocenters. The molecule has 16 heavy (non-hydrogen) atoms. The number of benzene rings is 1. The van der Waals surface area contributed by atoms with E-state index < -0.39 is 15.7 Å². The molecule has 0 radical (unpaired) electrons. The molecule has 0 N–H and O–H groups in total. The fourth-order valence-corrected chi connectivity index (χ4v) is 2.84. The molecule has 0 unspecified atom stereocenters. The first-order valence-electron chi connectivity index (χ1n) is 4.49. The largest absolute Gasteiger partial charge is 0.224 e. The molecular weight excluding hydrogens is 253 g/mol. The first-order chi connectivity index (χ1) is 7.51. The average Bonchev–Trinajstić information content (AvgIpc) is 2.25. The predicted molar refractivity (Wildman–Crippen MR) is 58.5 cm³/mol. The standard InChI is InChI=1S/C10H9ClFNO2S/c11-4-1-5-16(14,15)10-3-2-8(7-13)6-9(10)12/h2-3,6H,1,4-5H2. The fraction of sp³-hybridized carbons (Fsp3) is 0.300. The van der Waals surface area contributed by atoms with E-state index in [-0.39, 0.29) is 28.5 Å². The zero-order valence-electron chi connectivity index (χ0n) is 8.28. The van der Waals surface area contributed by atoms with Crippen LogP contribution in [0.1, 0.15) is 12.0 Å². The van der Waals surface area contributed by atoms with Crippen LogP contribution in [0, 0.1) is 17.1 Å². The van der Waals surface area contributed by atoms with E-state index in [0.29, 0.717) is 0 Å². The zero-order valence-corrected chi connectivity index (χ0v) is 9.85. The van der Waals surface area contributed by atoms with Crippen molar-refractivity contribution in [3.63, 3.8) is 0 Å². The van der Waals surface area contributed by atoms with Gasteiger partial charge < -0.3 is 0 Å². The van der Waals surface area contributed by atoms with Crippen molar-refractivity contribution in [1.82, 2.24) is 0 Å². The smallest absolute Gasteiger partial charge is 0.181 e. The quantitative estimate of drug-likeness (QED) is 0.780. The van der Waals surface area contributed by atoms with Crippen LogP contribution in [0.3, 0.4) is 0 Å². The Bertz CT molecular complexity index is 522. The van der Waals surface area contributed by atoms with Gasteiger partial charge in [-0.05, 0) is 24.6 Å². The van der Waals surface area contributed by atoms with E-state index in [0.717, 1.165) is 12.1 Å². The number of nitrogens with zero attached hydrogens (tertiary/aromatic N) is 1. The molecule has 0 saturated heterocycles. The van der Waals surface area contributed by atoms with Crippen LogP contribution in [0.2, 0.25) is 0 Å². The third-order valence-electron chi connectivity index (χ3n) is 1.94. The minimum absolute atomic E-state index is 0.0915. The second-order valence-corrected chi connectivity index (χ2v) is 5.57. The van der Waals surface area contributed by atoms with Crippen molar-refractivity contribution in [2.75, 3.05) is 11.6 Å². The molecule has 0 aromatic heterocycles. The van der Waals surface area contributed by atoms with Gasteiger partial charge in [-0.2, -0.15) is 5.26 Å². The number of sulfone groups is 1. The van der Waals surface area contributed by atoms with Crippen molar-refractivity contribution in [1.29, 1.82) is 5.26 Å². The Morgan fingerprint density at radius 3 is 2.62 bits per heavy atom. The Balaban J connectivity index is 3.10. The van der Waals surface area contributed by atoms with E-state index in [1.54, 1.807) is 6.07 Å². The van der Waals surface area contributed by atoms with Crippen molar-refractivity contribution in [3.05, 3.63) is 29.6 Å². The Kier molecular flexibility index (Phi) is 4.27. The maximum atomic E-state index is 13.4. The monoisotopic (exact) mass is 261 g/mol. The van der Waals surface area contributed by atoms with Crippen LogP contribution in [-0.2, 0) is 9.84 Å². The summed E-state index contributed by atoms with van der Waals surface area (Å²) >= 11 is 5.38. The van der Waals surface area contributed by atoms with Crippen LogP contribution in [0.4, 0.5) is 4.39 Å². The molecular formula is C10H9ClFNO2S. The lowest BCUT2D eigenvalue weighted by molar-refractivity contribution is 0.566. The molecule has 1 aromatic carbocycles. The van der Waals surface area contributed by atoms with E-state index in [1.165, 1.54) is 6.07 Å². The average molecular weight is 262 g/mol. The van der Waals surface area contributed by atoms with Crippen LogP contribution in [0.25, 0.3) is 0 Å². The highest BCUT2D eigenvalue weighted by Gasteiger charge is 2.18. The van der Waals surface area contributed by atoms with E-state index >= 15 is 0 Å². The van der Waals surface area contributed by atoms with Crippen LogP contribution < -0.4 is 0 Å². The van der Waals surface area contributed by atoms with Gasteiger partial charge in [-0.3, -0.25) is 0 Å². The van der Waals surface area contributed by atoms with Gasteiger partial charge in [0.1, 0.15) is 10.7 Å². The van der Waals surface area contributed by atoms with E-state index in [1.807, 2.05) is 0 Å². The molecule has 0 heterocycles. The first-order valence-corrected chi connectivity index (χ1v) is 6.68. The zero-order chi connectivity index (χ0) is 12.2. The van der Waals surface area contributed by atoms with Gasteiger partial charge in [0.25, 0.3) is 0 Å². The number of rotatable bonds is 4. The number of alkyl halides is 1. The third kappa shape index (κ3) is 2.94. The van der Waals surface area contributed by atoms with Crippen molar-refractivity contribution in [2.24, 2.45) is 0 Å². The van der Waals surface area contributed by atoms with Crippen molar-refractivity contribution in [2.45, 2.75) is 11.3 Å². The summed E-state index contributed by atoms with van der Waals surface area (Å²) in [7, 11) is -3.65. The highest BCUT2D eigenvalue weighted by atomic mass is 35.5. The summed E-state index contributed by atoms with van der Waals surface area (Å²) in [5.74, 6) is -0.884. The first kappa shape index (κ1) is 12.9. The van der Waals surface area contributed by atoms with Gasteiger partial charge in [0, 0.05) is 5.88 Å². The maximum absolute atomic E-state index is 13.4. The number of hydrogen-bond donors (Lipinski definition) is 0. The molecule has 0 amide bonds. The summed E-state index contributed by atoms with van der Waals surface area (Å²) < 4.78 is 36.7. The molecule has 6 heteroatoms. The lowest BCUT2D eigenvalue weighted by Crippen LogP contribution is -2.09. The Labute approximate surface area is 98.4 Å². The molecule has 3 nitrogen and oxygen atoms in total. The minimum Gasteiger partial charge on any atom is -0.224 e. The van der Waals surface area contributed by atoms with Crippen molar-refractivity contribution < 1.29 is 12.8 Å². The predicted octanol–water partition coefficient (Wildman–Crippen LogP) is 2.10. The van der Waals surface area contributed by atoms with E-state index in [4.69, 9.17) is 16.9 Å². The maximum Gasteiger partial charge on any atom is 0.181 e. The number of hydrogen-bond acceptors (Lipinski definition) is 3. The molecule has 0 spiro atoms. The normalized spacial score (nSPS) is 11.1. The van der Waals surface area contributed by atoms with Gasteiger partial charge in [-0.15, -0.1) is 11.6 Å². The molecule has 86 valence electrons. The van der Waals surface area contributed by atoms with Crippen LogP contribution in [-0.4, -0.2) is 20.1 Å². The Hall–Kier alpha value is -1.12. The molecule has 0 fully saturated rings. The molecule has 0 saturated carbocycles. The van der Waals surface area contributed by atoms with Gasteiger partial charge >= 0.3 is 0 Å². The summed E-state index contributed by atoms with van der Waals surface area (Å²) in [6.07, 6.45) is 0.267. The summed E-state index contributed by atoms with van der Waals surface area (Å²) in [6.45, 7) is 0. The van der Waals surface area contributed by atoms with Crippen LogP contribution in [0.15, 0.2) is 23.1 Å². The van der Waals surface area contributed by atoms with Gasteiger partial charge in [-0.1, -0.05) is 0 Å². The van der Waals surface area contributed by atoms with Crippen molar-refractivity contribution >= 4 is 21.4 Å². The Morgan fingerprint density at radius 2 is 2.12 bits per heavy atom. The molecule has 1 aromatic rings. The topological polar surface area (TPSA) is 57.9 Å². The van der Waals surface area contributed by atoms with E-state index in [9.17, 15) is 12.8 Å². The fourth-order valence-electron chi connectivity index (χ4n) is 1.18. The lowest BCUT2D eigenvalue weighted by Gasteiger charge is -2.04. The minimum atomic E-state index is -3.65. The van der Waals surface area contributed by atoms with Gasteiger partial charge in [0.05, 0.1) is 17.4 Å². The van der Waals surface area contributed by atoms with Gasteiger partial charge in [-0.25, -0.2) is 12.8 Å². The molecule has 0 aliphatic heterocycles. The van der Waals surface area contributed by atoms with Crippen LogP contribution in [0.5, 0.6) is 0 Å². The third-order valence-corrected chi connectivity index (χ3v) is 4.04. The van der Waals surface area contributed by atoms with E-state index in [2.05, 4.69) is 0 Å². The number of nitriles is 1. The summed E-state index contributed by atoms with van der Waals surface area (Å²) in [5.41, 5.74) is 0.0915. The molecule has 1 rings (SSSR count). The highest BCUT2D eigenvalue weighted by molar-refractivity contribution is 7.91. The lowest BCUT2D eigenvalue weighted by atomic mass is 10.2. The Morgan fingerprint density at radius 1 is 1.44 bits per heavy atom. The molecule has 0 aliphatic rings. The second-order valence-electron chi connectivity index (χ2n) is 3.12.